The Labute approximate surface area is 134 Å². The number of nitrogens with zero attached hydrogens (tertiary/aromatic N) is 1. The maximum Gasteiger partial charge on any atom is 0.234 e. The summed E-state index contributed by atoms with van der Waals surface area (Å²) in [5.74, 6) is 0.378. The fourth-order valence-electron chi connectivity index (χ4n) is 1.72. The van der Waals surface area contributed by atoms with Crippen molar-refractivity contribution in [2.24, 2.45) is 0 Å². The maximum absolute atomic E-state index is 11.9. The van der Waals surface area contributed by atoms with Crippen molar-refractivity contribution in [1.82, 2.24) is 4.98 Å². The van der Waals surface area contributed by atoms with E-state index in [1.807, 2.05) is 31.2 Å². The number of benzene rings is 1. The molecule has 2 aromatic rings. The van der Waals surface area contributed by atoms with Gasteiger partial charge >= 0.3 is 0 Å². The van der Waals surface area contributed by atoms with Crippen molar-refractivity contribution in [3.8, 4) is 0 Å². The molecule has 0 atom stereocenters. The highest BCUT2D eigenvalue weighted by Crippen LogP contribution is 2.29. The second-order valence-corrected chi connectivity index (χ2v) is 8.04. The van der Waals surface area contributed by atoms with Crippen LogP contribution in [0.2, 0.25) is 0 Å². The van der Waals surface area contributed by atoms with Crippen LogP contribution < -0.4 is 5.32 Å². The smallest absolute Gasteiger partial charge is 0.234 e. The molecule has 1 N–H and O–H groups in total. The molecule has 0 aliphatic carbocycles. The van der Waals surface area contributed by atoms with E-state index in [-0.39, 0.29) is 11.3 Å². The molecule has 1 amide bonds. The average Bonchev–Trinajstić information content (AvgIpc) is 2.85. The van der Waals surface area contributed by atoms with Crippen molar-refractivity contribution in [2.45, 2.75) is 37.4 Å². The molecular formula is C16H20N2OS2. The number of thioether (sulfide) groups is 1. The van der Waals surface area contributed by atoms with Crippen molar-refractivity contribution in [3.63, 3.8) is 0 Å². The Balaban J connectivity index is 1.88. The van der Waals surface area contributed by atoms with Gasteiger partial charge in [-0.15, -0.1) is 11.3 Å². The molecule has 0 aliphatic rings. The van der Waals surface area contributed by atoms with E-state index in [2.05, 4.69) is 36.5 Å². The lowest BCUT2D eigenvalue weighted by atomic mass is 9.93. The summed E-state index contributed by atoms with van der Waals surface area (Å²) in [4.78, 5) is 16.5. The maximum atomic E-state index is 11.9. The summed E-state index contributed by atoms with van der Waals surface area (Å²) in [6, 6.07) is 7.81. The Morgan fingerprint density at radius 1 is 1.38 bits per heavy atom. The van der Waals surface area contributed by atoms with E-state index in [0.717, 1.165) is 21.3 Å². The second-order valence-electron chi connectivity index (χ2n) is 5.95. The van der Waals surface area contributed by atoms with Gasteiger partial charge in [0.2, 0.25) is 5.91 Å². The number of carbonyl (C=O) groups excluding carboxylic acids is 1. The first-order valence-electron chi connectivity index (χ1n) is 6.80. The van der Waals surface area contributed by atoms with Crippen LogP contribution in [0, 0.1) is 6.92 Å². The molecular weight excluding hydrogens is 300 g/mol. The molecule has 0 saturated heterocycles. The average molecular weight is 320 g/mol. The highest BCUT2D eigenvalue weighted by molar-refractivity contribution is 8.01. The number of hydrogen-bond donors (Lipinski definition) is 1. The van der Waals surface area contributed by atoms with Crippen LogP contribution in [-0.4, -0.2) is 16.6 Å². The number of aryl methyl sites for hydroxylation is 1. The topological polar surface area (TPSA) is 42.0 Å². The van der Waals surface area contributed by atoms with Gasteiger partial charge in [0.1, 0.15) is 0 Å². The zero-order valence-corrected chi connectivity index (χ0v) is 14.4. The van der Waals surface area contributed by atoms with E-state index in [1.54, 1.807) is 11.3 Å². The number of carbonyl (C=O) groups is 1. The summed E-state index contributed by atoms with van der Waals surface area (Å²) in [6.45, 7) is 8.43. The van der Waals surface area contributed by atoms with Crippen molar-refractivity contribution < 1.29 is 4.79 Å². The Bertz CT molecular complexity index is 629. The molecule has 0 bridgehead atoms. The van der Waals surface area contributed by atoms with Gasteiger partial charge in [-0.25, -0.2) is 4.98 Å². The van der Waals surface area contributed by atoms with Crippen LogP contribution in [0.25, 0.3) is 0 Å². The summed E-state index contributed by atoms with van der Waals surface area (Å²) in [5.41, 5.74) is 3.11. The lowest BCUT2D eigenvalue weighted by molar-refractivity contribution is -0.113. The number of hydrogen-bond acceptors (Lipinski definition) is 4. The minimum absolute atomic E-state index is 0.00175. The minimum Gasteiger partial charge on any atom is -0.325 e. The van der Waals surface area contributed by atoms with Gasteiger partial charge in [0, 0.05) is 16.5 Å². The molecule has 112 valence electrons. The number of rotatable bonds is 4. The fourth-order valence-corrected chi connectivity index (χ4v) is 3.57. The van der Waals surface area contributed by atoms with Crippen LogP contribution in [0.5, 0.6) is 0 Å². The highest BCUT2D eigenvalue weighted by Gasteiger charge is 2.17. The summed E-state index contributed by atoms with van der Waals surface area (Å²) in [6.07, 6.45) is 0. The van der Waals surface area contributed by atoms with E-state index in [9.17, 15) is 4.79 Å². The standard InChI is InChI=1S/C16H20N2OS2/c1-11-6-5-7-12(8-11)17-14(19)10-21-15-18-13(9-20-15)16(2,3)4/h5-9H,10H2,1-4H3,(H,17,19). The molecule has 5 heteroatoms. The van der Waals surface area contributed by atoms with Crippen LogP contribution >= 0.6 is 23.1 Å². The first-order valence-corrected chi connectivity index (χ1v) is 8.66. The molecule has 0 radical (unpaired) electrons. The van der Waals surface area contributed by atoms with Gasteiger partial charge in [-0.1, -0.05) is 44.7 Å². The van der Waals surface area contributed by atoms with Gasteiger partial charge in [0.05, 0.1) is 11.4 Å². The van der Waals surface area contributed by atoms with Crippen molar-refractivity contribution in [3.05, 3.63) is 40.9 Å². The van der Waals surface area contributed by atoms with Gasteiger partial charge in [-0.2, -0.15) is 0 Å². The molecule has 1 heterocycles. The molecule has 0 aliphatic heterocycles. The van der Waals surface area contributed by atoms with Gasteiger partial charge < -0.3 is 5.32 Å². The third-order valence-electron chi connectivity index (χ3n) is 2.88. The van der Waals surface area contributed by atoms with Crippen molar-refractivity contribution >= 4 is 34.7 Å². The van der Waals surface area contributed by atoms with Crippen LogP contribution in [-0.2, 0) is 10.2 Å². The fraction of sp³-hybridized carbons (Fsp3) is 0.375. The summed E-state index contributed by atoms with van der Waals surface area (Å²) in [7, 11) is 0. The van der Waals surface area contributed by atoms with E-state index in [4.69, 9.17) is 0 Å². The molecule has 0 saturated carbocycles. The summed E-state index contributed by atoms with van der Waals surface area (Å²) >= 11 is 3.08. The van der Waals surface area contributed by atoms with Gasteiger partial charge in [0.15, 0.2) is 4.34 Å². The van der Waals surface area contributed by atoms with Gasteiger partial charge in [0.25, 0.3) is 0 Å². The van der Waals surface area contributed by atoms with Crippen LogP contribution in [0.4, 0.5) is 5.69 Å². The predicted octanol–water partition coefficient (Wildman–Crippen LogP) is 4.48. The van der Waals surface area contributed by atoms with Crippen LogP contribution in [0.15, 0.2) is 34.0 Å². The largest absolute Gasteiger partial charge is 0.325 e. The van der Waals surface area contributed by atoms with E-state index >= 15 is 0 Å². The molecule has 0 spiro atoms. The van der Waals surface area contributed by atoms with Gasteiger partial charge in [-0.05, 0) is 24.6 Å². The molecule has 21 heavy (non-hydrogen) atoms. The first-order chi connectivity index (χ1) is 9.84. The van der Waals surface area contributed by atoms with Gasteiger partial charge in [-0.3, -0.25) is 4.79 Å². The quantitative estimate of drug-likeness (QED) is 0.845. The lowest BCUT2D eigenvalue weighted by Crippen LogP contribution is -2.14. The number of nitrogens with one attached hydrogen (secondary N) is 1. The Morgan fingerprint density at radius 2 is 2.14 bits per heavy atom. The molecule has 1 aromatic heterocycles. The van der Waals surface area contributed by atoms with E-state index in [1.165, 1.54) is 11.8 Å². The van der Waals surface area contributed by atoms with Crippen molar-refractivity contribution in [2.75, 3.05) is 11.1 Å². The normalized spacial score (nSPS) is 11.4. The zero-order chi connectivity index (χ0) is 15.5. The van der Waals surface area contributed by atoms with Crippen molar-refractivity contribution in [1.29, 1.82) is 0 Å². The van der Waals surface area contributed by atoms with E-state index < -0.39 is 0 Å². The third kappa shape index (κ3) is 4.86. The number of amides is 1. The summed E-state index contributed by atoms with van der Waals surface area (Å²) < 4.78 is 0.944. The molecule has 2 rings (SSSR count). The third-order valence-corrected chi connectivity index (χ3v) is 4.90. The number of thiazole rings is 1. The minimum atomic E-state index is -0.00175. The SMILES string of the molecule is Cc1cccc(NC(=O)CSc2nc(C(C)(C)C)cs2)c1. The summed E-state index contributed by atoms with van der Waals surface area (Å²) in [5, 5.41) is 4.98. The highest BCUT2D eigenvalue weighted by atomic mass is 32.2. The Morgan fingerprint density at radius 3 is 2.76 bits per heavy atom. The predicted molar refractivity (Wildman–Crippen MR) is 91.3 cm³/mol. The van der Waals surface area contributed by atoms with Crippen LogP contribution in [0.3, 0.4) is 0 Å². The molecule has 1 aromatic carbocycles. The Kier molecular flexibility index (Phi) is 5.06. The molecule has 0 unspecified atom stereocenters. The first kappa shape index (κ1) is 16.0. The van der Waals surface area contributed by atoms with Crippen LogP contribution in [0.1, 0.15) is 32.0 Å². The van der Waals surface area contributed by atoms with E-state index in [0.29, 0.717) is 5.75 Å². The zero-order valence-electron chi connectivity index (χ0n) is 12.8. The Hall–Kier alpha value is -1.33. The monoisotopic (exact) mass is 320 g/mol. The lowest BCUT2D eigenvalue weighted by Gasteiger charge is -2.14. The molecule has 0 fully saturated rings. The number of anilines is 1. The molecule has 3 nitrogen and oxygen atoms in total. The number of aromatic nitrogens is 1. The second kappa shape index (κ2) is 6.62.